The molecule has 0 fully saturated rings. The van der Waals surface area contributed by atoms with Crippen molar-refractivity contribution in [2.75, 3.05) is 13.2 Å². The van der Waals surface area contributed by atoms with Crippen molar-refractivity contribution >= 4 is 35.0 Å². The van der Waals surface area contributed by atoms with Gasteiger partial charge in [-0.05, 0) is 38.8 Å². The van der Waals surface area contributed by atoms with Gasteiger partial charge in [0.2, 0.25) is 0 Å². The van der Waals surface area contributed by atoms with Gasteiger partial charge in [-0.15, -0.1) is 0 Å². The summed E-state index contributed by atoms with van der Waals surface area (Å²) in [5, 5.41) is 0. The SMILES string of the molecule is CCOC(=O)CCC(=C=O)c1ccc(C(=C=O)CCC(=O)OCC)[nH]1. The molecule has 1 heterocycles. The molecular formula is C18H21NO6. The van der Waals surface area contributed by atoms with Crippen molar-refractivity contribution in [1.82, 2.24) is 4.98 Å². The van der Waals surface area contributed by atoms with E-state index in [0.29, 0.717) is 11.4 Å². The summed E-state index contributed by atoms with van der Waals surface area (Å²) in [6.45, 7) is 3.96. The Bertz CT molecular complexity index is 646. The lowest BCUT2D eigenvalue weighted by Crippen LogP contribution is -2.04. The first-order valence-corrected chi connectivity index (χ1v) is 8.04. The minimum absolute atomic E-state index is 0.0615. The summed E-state index contributed by atoms with van der Waals surface area (Å²) < 4.78 is 9.63. The Balaban J connectivity index is 2.75. The van der Waals surface area contributed by atoms with Gasteiger partial charge in [0.1, 0.15) is 11.9 Å². The molecule has 7 heteroatoms. The number of carbonyl (C=O) groups is 2. The molecule has 0 bridgehead atoms. The predicted octanol–water partition coefficient (Wildman–Crippen LogP) is 2.13. The third-order valence-corrected chi connectivity index (χ3v) is 3.35. The van der Waals surface area contributed by atoms with Crippen LogP contribution in [-0.2, 0) is 28.7 Å². The molecule has 0 atom stereocenters. The van der Waals surface area contributed by atoms with Gasteiger partial charge >= 0.3 is 11.9 Å². The molecule has 1 aromatic rings. The van der Waals surface area contributed by atoms with Gasteiger partial charge in [0.15, 0.2) is 0 Å². The number of hydrogen-bond donors (Lipinski definition) is 1. The highest BCUT2D eigenvalue weighted by Gasteiger charge is 2.13. The van der Waals surface area contributed by atoms with Gasteiger partial charge in [0.25, 0.3) is 0 Å². The molecule has 0 saturated carbocycles. The van der Waals surface area contributed by atoms with Gasteiger partial charge in [-0.25, -0.2) is 9.59 Å². The van der Waals surface area contributed by atoms with Gasteiger partial charge < -0.3 is 14.5 Å². The van der Waals surface area contributed by atoms with E-state index in [4.69, 9.17) is 9.47 Å². The third kappa shape index (κ3) is 6.63. The van der Waals surface area contributed by atoms with E-state index in [1.165, 1.54) is 0 Å². The van der Waals surface area contributed by atoms with E-state index in [9.17, 15) is 19.2 Å². The number of aromatic amines is 1. The van der Waals surface area contributed by atoms with Crippen LogP contribution in [0.4, 0.5) is 0 Å². The second-order valence-corrected chi connectivity index (χ2v) is 5.06. The molecule has 1 rings (SSSR count). The van der Waals surface area contributed by atoms with Crippen molar-refractivity contribution in [3.05, 3.63) is 23.5 Å². The summed E-state index contributed by atoms with van der Waals surface area (Å²) in [6, 6.07) is 3.23. The smallest absolute Gasteiger partial charge is 0.306 e. The van der Waals surface area contributed by atoms with Crippen LogP contribution in [-0.4, -0.2) is 42.0 Å². The zero-order chi connectivity index (χ0) is 18.7. The Labute approximate surface area is 145 Å². The number of rotatable bonds is 10. The first-order chi connectivity index (χ1) is 12.0. The molecule has 1 N–H and O–H groups in total. The average molecular weight is 347 g/mol. The van der Waals surface area contributed by atoms with E-state index in [1.807, 2.05) is 0 Å². The quantitative estimate of drug-likeness (QED) is 0.514. The van der Waals surface area contributed by atoms with E-state index in [2.05, 4.69) is 4.98 Å². The average Bonchev–Trinajstić information content (AvgIpc) is 3.06. The van der Waals surface area contributed by atoms with E-state index in [-0.39, 0.29) is 50.0 Å². The fourth-order valence-electron chi connectivity index (χ4n) is 2.15. The number of esters is 2. The number of carbonyl (C=O) groups excluding carboxylic acids is 4. The van der Waals surface area contributed by atoms with Gasteiger partial charge in [0, 0.05) is 0 Å². The lowest BCUT2D eigenvalue weighted by molar-refractivity contribution is -0.143. The van der Waals surface area contributed by atoms with Crippen LogP contribution < -0.4 is 0 Å². The number of nitrogens with one attached hydrogen (secondary N) is 1. The predicted molar refractivity (Wildman–Crippen MR) is 90.7 cm³/mol. The molecule has 0 aromatic carbocycles. The molecule has 0 spiro atoms. The number of allylic oxidation sites excluding steroid dienone is 2. The van der Waals surface area contributed by atoms with Gasteiger partial charge in [0.05, 0.1) is 48.6 Å². The third-order valence-electron chi connectivity index (χ3n) is 3.35. The van der Waals surface area contributed by atoms with Gasteiger partial charge in [-0.1, -0.05) is 0 Å². The Hall–Kier alpha value is -2.88. The maximum atomic E-state index is 11.4. The molecular weight excluding hydrogens is 326 g/mol. The van der Waals surface area contributed by atoms with Crippen LogP contribution in [0.3, 0.4) is 0 Å². The highest BCUT2D eigenvalue weighted by molar-refractivity contribution is 5.91. The van der Waals surface area contributed by atoms with Crippen molar-refractivity contribution in [3.63, 3.8) is 0 Å². The molecule has 1 aromatic heterocycles. The summed E-state index contributed by atoms with van der Waals surface area (Å²) in [6.07, 6.45) is 0.467. The normalized spacial score (nSPS) is 9.68. The first-order valence-electron chi connectivity index (χ1n) is 8.04. The summed E-state index contributed by atoms with van der Waals surface area (Å²) in [5.41, 5.74) is 1.46. The van der Waals surface area contributed by atoms with Crippen molar-refractivity contribution in [1.29, 1.82) is 0 Å². The zero-order valence-electron chi connectivity index (χ0n) is 14.3. The molecule has 0 aliphatic heterocycles. The molecule has 0 saturated heterocycles. The highest BCUT2D eigenvalue weighted by atomic mass is 16.5. The molecule has 0 radical (unpaired) electrons. The number of aromatic nitrogens is 1. The molecule has 0 aliphatic rings. The maximum Gasteiger partial charge on any atom is 0.306 e. The molecule has 0 aliphatic carbocycles. The fraction of sp³-hybridized carbons (Fsp3) is 0.444. The van der Waals surface area contributed by atoms with E-state index in [1.54, 1.807) is 37.9 Å². The van der Waals surface area contributed by atoms with E-state index < -0.39 is 11.9 Å². The lowest BCUT2D eigenvalue weighted by Gasteiger charge is -2.04. The number of H-pyrrole nitrogens is 1. The maximum absolute atomic E-state index is 11.4. The van der Waals surface area contributed by atoms with Crippen LogP contribution in [0.2, 0.25) is 0 Å². The highest BCUT2D eigenvalue weighted by Crippen LogP contribution is 2.22. The van der Waals surface area contributed by atoms with Gasteiger partial charge in [-0.2, -0.15) is 0 Å². The second kappa shape index (κ2) is 10.8. The Kier molecular flexibility index (Phi) is 8.72. The van der Waals surface area contributed by atoms with E-state index in [0.717, 1.165) is 0 Å². The van der Waals surface area contributed by atoms with Crippen molar-refractivity contribution in [2.45, 2.75) is 39.5 Å². The van der Waals surface area contributed by atoms with Crippen LogP contribution in [0, 0.1) is 0 Å². The number of ether oxygens (including phenoxy) is 2. The minimum atomic E-state index is -0.398. The monoisotopic (exact) mass is 347 g/mol. The van der Waals surface area contributed by atoms with Crippen molar-refractivity contribution in [2.24, 2.45) is 0 Å². The van der Waals surface area contributed by atoms with Crippen LogP contribution in [0.5, 0.6) is 0 Å². The number of hydrogen-bond acceptors (Lipinski definition) is 6. The van der Waals surface area contributed by atoms with E-state index >= 15 is 0 Å². The molecule has 7 nitrogen and oxygen atoms in total. The largest absolute Gasteiger partial charge is 0.466 e. The Morgan fingerprint density at radius 2 is 1.24 bits per heavy atom. The summed E-state index contributed by atoms with van der Waals surface area (Å²) >= 11 is 0. The zero-order valence-corrected chi connectivity index (χ0v) is 14.3. The van der Waals surface area contributed by atoms with Crippen LogP contribution in [0.25, 0.3) is 11.1 Å². The summed E-state index contributed by atoms with van der Waals surface area (Å²) in [4.78, 5) is 48.0. The molecule has 0 amide bonds. The van der Waals surface area contributed by atoms with Gasteiger partial charge in [-0.3, -0.25) is 9.59 Å². The van der Waals surface area contributed by atoms with Crippen molar-refractivity contribution < 1.29 is 28.7 Å². The van der Waals surface area contributed by atoms with Crippen LogP contribution >= 0.6 is 0 Å². The second-order valence-electron chi connectivity index (χ2n) is 5.06. The first kappa shape index (κ1) is 20.2. The molecule has 25 heavy (non-hydrogen) atoms. The van der Waals surface area contributed by atoms with Crippen LogP contribution in [0.15, 0.2) is 12.1 Å². The fourth-order valence-corrected chi connectivity index (χ4v) is 2.15. The molecule has 0 unspecified atom stereocenters. The molecule has 134 valence electrons. The lowest BCUT2D eigenvalue weighted by atomic mass is 10.1. The van der Waals surface area contributed by atoms with Crippen molar-refractivity contribution in [3.8, 4) is 0 Å². The van der Waals surface area contributed by atoms with Crippen LogP contribution in [0.1, 0.15) is 50.9 Å². The summed E-state index contributed by atoms with van der Waals surface area (Å²) in [5.74, 6) is 2.80. The Morgan fingerprint density at radius 3 is 1.56 bits per heavy atom. The standard InChI is InChI=1S/C18H21NO6/c1-3-24-17(22)9-5-13(11-20)15-7-8-16(19-15)14(12-21)6-10-18(23)25-4-2/h7-8,19H,3-6,9-10H2,1-2H3. The summed E-state index contributed by atoms with van der Waals surface area (Å²) in [7, 11) is 0. The minimum Gasteiger partial charge on any atom is -0.466 e. The Morgan fingerprint density at radius 1 is 0.840 bits per heavy atom. The topological polar surface area (TPSA) is 103 Å².